The maximum atomic E-state index is 13.1. The molecule has 1 spiro atoms. The van der Waals surface area contributed by atoms with E-state index in [0.29, 0.717) is 26.2 Å². The topological polar surface area (TPSA) is 87.1 Å². The molecule has 2 fully saturated rings. The van der Waals surface area contributed by atoms with Crippen LogP contribution in [0.25, 0.3) is 0 Å². The summed E-state index contributed by atoms with van der Waals surface area (Å²) in [5.74, 6) is -0.313. The highest BCUT2D eigenvalue weighted by Crippen LogP contribution is 2.52. The number of carbonyl (C=O) groups is 2. The van der Waals surface area contributed by atoms with Gasteiger partial charge in [0.25, 0.3) is 5.91 Å². The fraction of sp³-hybridized carbons (Fsp3) is 0.562. The van der Waals surface area contributed by atoms with Crippen LogP contribution in [0.5, 0.6) is 5.75 Å². The number of pyridine rings is 1. The maximum absolute atomic E-state index is 13.1. The number of esters is 1. The fourth-order valence-electron chi connectivity index (χ4n) is 3.98. The van der Waals surface area contributed by atoms with Crippen LogP contribution in [0.3, 0.4) is 0 Å². The van der Waals surface area contributed by atoms with Crippen molar-refractivity contribution in [3.63, 3.8) is 0 Å². The van der Waals surface area contributed by atoms with Crippen molar-refractivity contribution in [1.29, 1.82) is 0 Å². The number of thioether (sulfide) groups is 1. The van der Waals surface area contributed by atoms with E-state index in [2.05, 4.69) is 0 Å². The van der Waals surface area contributed by atoms with Gasteiger partial charge in [0.2, 0.25) is 5.43 Å². The Morgan fingerprint density at radius 3 is 2.92 bits per heavy atom. The lowest BCUT2D eigenvalue weighted by molar-refractivity contribution is -0.0284. The second-order valence-electron chi connectivity index (χ2n) is 6.16. The Kier molecular flexibility index (Phi) is 3.80. The predicted octanol–water partition coefficient (Wildman–Crippen LogP) is 0.504. The Balaban J connectivity index is 2.01. The molecular weight excluding hydrogens is 348 g/mol. The van der Waals surface area contributed by atoms with E-state index < -0.39 is 16.3 Å². The Labute approximate surface area is 148 Å². The molecule has 0 aliphatic carbocycles. The van der Waals surface area contributed by atoms with Crippen molar-refractivity contribution in [1.82, 2.24) is 9.47 Å². The molecule has 0 N–H and O–H groups in total. The monoisotopic (exact) mass is 366 g/mol. The van der Waals surface area contributed by atoms with E-state index in [1.165, 1.54) is 20.4 Å². The van der Waals surface area contributed by atoms with Crippen molar-refractivity contribution in [2.24, 2.45) is 0 Å². The smallest absolute Gasteiger partial charge is 0.343 e. The zero-order valence-corrected chi connectivity index (χ0v) is 14.8. The molecule has 2 saturated heterocycles. The molecule has 4 heterocycles. The highest BCUT2D eigenvalue weighted by atomic mass is 32.2. The summed E-state index contributed by atoms with van der Waals surface area (Å²) in [5, 5.41) is 0. The van der Waals surface area contributed by atoms with Crippen LogP contribution in [0.2, 0.25) is 0 Å². The minimum atomic E-state index is -0.742. The van der Waals surface area contributed by atoms with Gasteiger partial charge in [-0.15, -0.1) is 11.8 Å². The van der Waals surface area contributed by atoms with Crippen molar-refractivity contribution in [3.05, 3.63) is 27.7 Å². The number of fused-ring (bicyclic) bond motifs is 2. The third-order valence-corrected chi connectivity index (χ3v) is 6.57. The third-order valence-electron chi connectivity index (χ3n) is 5.07. The maximum Gasteiger partial charge on any atom is 0.343 e. The molecule has 25 heavy (non-hydrogen) atoms. The molecule has 0 radical (unpaired) electrons. The summed E-state index contributed by atoms with van der Waals surface area (Å²) in [6.45, 7) is 1.57. The first-order valence-electron chi connectivity index (χ1n) is 8.00. The number of methoxy groups -OCH3 is 2. The van der Waals surface area contributed by atoms with Gasteiger partial charge in [-0.05, 0) is 6.42 Å². The van der Waals surface area contributed by atoms with Gasteiger partial charge < -0.3 is 23.7 Å². The predicted molar refractivity (Wildman–Crippen MR) is 89.3 cm³/mol. The van der Waals surface area contributed by atoms with Crippen LogP contribution in [0.4, 0.5) is 0 Å². The number of carbonyl (C=O) groups excluding carboxylic acids is 2. The Morgan fingerprint density at radius 2 is 2.20 bits per heavy atom. The van der Waals surface area contributed by atoms with Gasteiger partial charge in [0.05, 0.1) is 26.9 Å². The second kappa shape index (κ2) is 5.77. The first-order chi connectivity index (χ1) is 12.0. The van der Waals surface area contributed by atoms with Gasteiger partial charge in [-0.2, -0.15) is 0 Å². The fourth-order valence-corrected chi connectivity index (χ4v) is 5.52. The molecule has 1 aromatic heterocycles. The van der Waals surface area contributed by atoms with Crippen LogP contribution < -0.4 is 10.2 Å². The van der Waals surface area contributed by atoms with Crippen molar-refractivity contribution >= 4 is 23.6 Å². The number of ether oxygens (including phenoxy) is 3. The van der Waals surface area contributed by atoms with Gasteiger partial charge in [0.15, 0.2) is 11.4 Å². The molecule has 0 aromatic carbocycles. The number of aromatic nitrogens is 1. The molecule has 8 nitrogen and oxygen atoms in total. The van der Waals surface area contributed by atoms with Gasteiger partial charge in [-0.25, -0.2) is 4.79 Å². The van der Waals surface area contributed by atoms with Crippen molar-refractivity contribution in [3.8, 4) is 5.75 Å². The van der Waals surface area contributed by atoms with Crippen molar-refractivity contribution in [2.45, 2.75) is 17.3 Å². The molecule has 1 amide bonds. The molecule has 0 saturated carbocycles. The SMILES string of the molecule is COC(=O)c1cn2c(c(OC)c1=O)C(=O)N1CCS[C@]13COCC[C@H]23. The van der Waals surface area contributed by atoms with Gasteiger partial charge >= 0.3 is 5.97 Å². The van der Waals surface area contributed by atoms with E-state index in [0.717, 1.165) is 5.75 Å². The van der Waals surface area contributed by atoms with E-state index in [1.54, 1.807) is 21.2 Å². The quantitative estimate of drug-likeness (QED) is 0.705. The normalized spacial score (nSPS) is 27.4. The van der Waals surface area contributed by atoms with Crippen molar-refractivity contribution < 1.29 is 23.8 Å². The van der Waals surface area contributed by atoms with Crippen LogP contribution in [-0.2, 0) is 9.47 Å². The Bertz CT molecular complexity index is 822. The van der Waals surface area contributed by atoms with Gasteiger partial charge in [-0.3, -0.25) is 9.59 Å². The molecule has 1 aromatic rings. The van der Waals surface area contributed by atoms with E-state index >= 15 is 0 Å². The lowest BCUT2D eigenvalue weighted by atomic mass is 9.95. The number of nitrogens with zero attached hydrogens (tertiary/aromatic N) is 2. The van der Waals surface area contributed by atoms with Crippen LogP contribution in [0, 0.1) is 0 Å². The van der Waals surface area contributed by atoms with Crippen LogP contribution in [-0.4, -0.2) is 65.9 Å². The number of amides is 1. The highest BCUT2D eigenvalue weighted by Gasteiger charge is 2.57. The summed E-state index contributed by atoms with van der Waals surface area (Å²) >= 11 is 1.69. The number of hydrogen-bond donors (Lipinski definition) is 0. The Morgan fingerprint density at radius 1 is 1.40 bits per heavy atom. The molecule has 134 valence electrons. The van der Waals surface area contributed by atoms with Gasteiger partial charge in [0, 0.05) is 25.1 Å². The summed E-state index contributed by atoms with van der Waals surface area (Å²) in [7, 11) is 2.55. The summed E-state index contributed by atoms with van der Waals surface area (Å²) < 4.78 is 17.4. The molecule has 3 aliphatic heterocycles. The number of rotatable bonds is 2. The minimum Gasteiger partial charge on any atom is -0.491 e. The summed E-state index contributed by atoms with van der Waals surface area (Å²) in [6, 6.07) is -0.0978. The first kappa shape index (κ1) is 16.5. The van der Waals surface area contributed by atoms with Crippen LogP contribution >= 0.6 is 11.8 Å². The summed E-state index contributed by atoms with van der Waals surface area (Å²) in [4.78, 5) is 39.1. The molecular formula is C16H18N2O6S. The summed E-state index contributed by atoms with van der Waals surface area (Å²) in [5.41, 5.74) is -0.556. The largest absolute Gasteiger partial charge is 0.491 e. The summed E-state index contributed by atoms with van der Waals surface area (Å²) in [6.07, 6.45) is 2.12. The van der Waals surface area contributed by atoms with Gasteiger partial charge in [-0.1, -0.05) is 0 Å². The van der Waals surface area contributed by atoms with E-state index in [4.69, 9.17) is 14.2 Å². The zero-order chi connectivity index (χ0) is 17.8. The average Bonchev–Trinajstić information content (AvgIpc) is 3.05. The minimum absolute atomic E-state index is 0.0978. The second-order valence-corrected chi connectivity index (χ2v) is 7.56. The number of hydrogen-bond acceptors (Lipinski definition) is 7. The lowest BCUT2D eigenvalue weighted by Crippen LogP contribution is -2.61. The van der Waals surface area contributed by atoms with E-state index in [-0.39, 0.29) is 29.0 Å². The molecule has 0 bridgehead atoms. The average molecular weight is 366 g/mol. The standard InChI is InChI=1S/C16H18N2O6S/c1-22-13-11-14(20)18-4-6-25-16(18)8-24-5-3-10(16)17(11)7-9(12(13)19)15(21)23-2/h7,10H,3-6,8H2,1-2H3/t10-,16-/m0/s1. The molecule has 2 atom stereocenters. The van der Waals surface area contributed by atoms with Crippen LogP contribution in [0.1, 0.15) is 33.3 Å². The molecule has 3 aliphatic rings. The third kappa shape index (κ3) is 2.08. The van der Waals surface area contributed by atoms with Crippen LogP contribution in [0.15, 0.2) is 11.0 Å². The molecule has 9 heteroatoms. The Hall–Kier alpha value is -2.00. The van der Waals surface area contributed by atoms with E-state index in [9.17, 15) is 14.4 Å². The molecule has 0 unspecified atom stereocenters. The van der Waals surface area contributed by atoms with Crippen molar-refractivity contribution in [2.75, 3.05) is 39.7 Å². The van der Waals surface area contributed by atoms with Gasteiger partial charge in [0.1, 0.15) is 10.4 Å². The lowest BCUT2D eigenvalue weighted by Gasteiger charge is -2.50. The highest BCUT2D eigenvalue weighted by molar-refractivity contribution is 8.01. The zero-order valence-electron chi connectivity index (χ0n) is 13.9. The first-order valence-corrected chi connectivity index (χ1v) is 8.99. The molecule has 4 rings (SSSR count). The van der Waals surface area contributed by atoms with E-state index in [1.807, 2.05) is 0 Å².